The predicted molar refractivity (Wildman–Crippen MR) is 76.7 cm³/mol. The summed E-state index contributed by atoms with van der Waals surface area (Å²) < 4.78 is 5.95. The molecular weight excluding hydrogens is 262 g/mol. The van der Waals surface area contributed by atoms with E-state index in [4.69, 9.17) is 16.3 Å². The van der Waals surface area contributed by atoms with Crippen molar-refractivity contribution >= 4 is 17.3 Å². The molecule has 0 aliphatic carbocycles. The number of hydrogen-bond acceptors (Lipinski definition) is 4. The highest BCUT2D eigenvalue weighted by atomic mass is 35.5. The van der Waals surface area contributed by atoms with Crippen molar-refractivity contribution in [3.63, 3.8) is 0 Å². The summed E-state index contributed by atoms with van der Waals surface area (Å²) in [4.78, 5) is 6.56. The maximum atomic E-state index is 6.08. The van der Waals surface area contributed by atoms with Gasteiger partial charge in [0, 0.05) is 31.5 Å². The number of morpholine rings is 1. The summed E-state index contributed by atoms with van der Waals surface area (Å²) in [6, 6.07) is 2.55. The van der Waals surface area contributed by atoms with Crippen LogP contribution in [-0.2, 0) is 4.74 Å². The van der Waals surface area contributed by atoms with E-state index in [0.29, 0.717) is 11.1 Å². The fourth-order valence-electron chi connectivity index (χ4n) is 2.92. The number of nitrogens with one attached hydrogen (secondary N) is 1. The third-order valence-electron chi connectivity index (χ3n) is 4.00. The molecule has 0 aromatic carbocycles. The molecule has 1 N–H and O–H groups in total. The Balaban J connectivity index is 1.52. The highest BCUT2D eigenvalue weighted by Crippen LogP contribution is 2.23. The zero-order valence-corrected chi connectivity index (χ0v) is 11.8. The minimum absolute atomic E-state index is 0.249. The van der Waals surface area contributed by atoms with Gasteiger partial charge in [-0.05, 0) is 25.5 Å². The smallest absolute Gasteiger partial charge is 0.0874 e. The van der Waals surface area contributed by atoms with Crippen LogP contribution in [-0.4, -0.2) is 48.3 Å². The molecule has 4 nitrogen and oxygen atoms in total. The first-order valence-electron chi connectivity index (χ1n) is 7.02. The third kappa shape index (κ3) is 3.19. The normalized spacial score (nSPS) is 27.8. The molecule has 1 aromatic rings. The van der Waals surface area contributed by atoms with Crippen LogP contribution in [0.2, 0.25) is 5.02 Å². The molecule has 2 fully saturated rings. The second kappa shape index (κ2) is 6.07. The average Bonchev–Trinajstić information content (AvgIpc) is 2.46. The Hall–Kier alpha value is -0.840. The van der Waals surface area contributed by atoms with E-state index in [1.807, 2.05) is 6.07 Å². The van der Waals surface area contributed by atoms with Crippen molar-refractivity contribution in [2.75, 3.05) is 31.6 Å². The molecule has 5 heteroatoms. The van der Waals surface area contributed by atoms with Crippen LogP contribution in [0.1, 0.15) is 19.3 Å². The molecule has 19 heavy (non-hydrogen) atoms. The van der Waals surface area contributed by atoms with Gasteiger partial charge in [0.15, 0.2) is 0 Å². The lowest BCUT2D eigenvalue weighted by atomic mass is 10.0. The van der Waals surface area contributed by atoms with Crippen LogP contribution in [0.3, 0.4) is 0 Å². The van der Waals surface area contributed by atoms with E-state index in [1.54, 1.807) is 12.4 Å². The van der Waals surface area contributed by atoms with Crippen molar-refractivity contribution < 1.29 is 4.74 Å². The summed E-state index contributed by atoms with van der Waals surface area (Å²) in [6.07, 6.45) is 7.62. The van der Waals surface area contributed by atoms with Crippen molar-refractivity contribution in [3.05, 3.63) is 23.5 Å². The molecule has 0 bridgehead atoms. The summed E-state index contributed by atoms with van der Waals surface area (Å²) in [6.45, 7) is 3.92. The van der Waals surface area contributed by atoms with E-state index in [1.165, 1.54) is 25.8 Å². The second-order valence-corrected chi connectivity index (χ2v) is 5.74. The first-order chi connectivity index (χ1) is 9.33. The SMILES string of the molecule is Clc1cnccc1NC[C@@H]1CN2CCCC[C@H]2CO1. The Morgan fingerprint density at radius 1 is 1.47 bits per heavy atom. The topological polar surface area (TPSA) is 37.4 Å². The van der Waals surface area contributed by atoms with Gasteiger partial charge in [0.2, 0.25) is 0 Å². The summed E-state index contributed by atoms with van der Waals surface area (Å²) >= 11 is 6.08. The van der Waals surface area contributed by atoms with Gasteiger partial charge in [0.05, 0.1) is 23.4 Å². The number of hydrogen-bond donors (Lipinski definition) is 1. The van der Waals surface area contributed by atoms with Crippen LogP contribution in [0.15, 0.2) is 18.5 Å². The highest BCUT2D eigenvalue weighted by Gasteiger charge is 2.30. The molecule has 3 rings (SSSR count). The van der Waals surface area contributed by atoms with E-state index in [2.05, 4.69) is 15.2 Å². The molecule has 3 heterocycles. The van der Waals surface area contributed by atoms with E-state index in [9.17, 15) is 0 Å². The number of ether oxygens (including phenoxy) is 1. The van der Waals surface area contributed by atoms with Crippen LogP contribution in [0.4, 0.5) is 5.69 Å². The minimum Gasteiger partial charge on any atom is -0.381 e. The van der Waals surface area contributed by atoms with Gasteiger partial charge < -0.3 is 10.1 Å². The fourth-order valence-corrected chi connectivity index (χ4v) is 3.10. The number of anilines is 1. The molecule has 0 unspecified atom stereocenters. The molecule has 0 spiro atoms. The van der Waals surface area contributed by atoms with Crippen LogP contribution >= 0.6 is 11.6 Å². The van der Waals surface area contributed by atoms with Gasteiger partial charge in [0.1, 0.15) is 0 Å². The van der Waals surface area contributed by atoms with Crippen LogP contribution in [0, 0.1) is 0 Å². The number of rotatable bonds is 3. The lowest BCUT2D eigenvalue weighted by Gasteiger charge is -2.42. The van der Waals surface area contributed by atoms with Crippen molar-refractivity contribution in [1.82, 2.24) is 9.88 Å². The number of piperidine rings is 1. The molecule has 2 aliphatic heterocycles. The van der Waals surface area contributed by atoms with E-state index < -0.39 is 0 Å². The second-order valence-electron chi connectivity index (χ2n) is 5.34. The maximum absolute atomic E-state index is 6.08. The molecule has 2 aliphatic rings. The standard InChI is InChI=1S/C14H20ClN3O/c15-13-8-16-5-4-14(13)17-7-12-9-18-6-2-1-3-11(18)10-19-12/h4-5,8,11-12H,1-3,6-7,9-10H2,(H,16,17)/t11-,12+/m0/s1. The number of nitrogens with zero attached hydrogens (tertiary/aromatic N) is 2. The first kappa shape index (κ1) is 13.2. The number of fused-ring (bicyclic) bond motifs is 1. The quantitative estimate of drug-likeness (QED) is 0.923. The van der Waals surface area contributed by atoms with Crippen molar-refractivity contribution in [3.8, 4) is 0 Å². The molecule has 104 valence electrons. The first-order valence-corrected chi connectivity index (χ1v) is 7.40. The van der Waals surface area contributed by atoms with Gasteiger partial charge in [-0.2, -0.15) is 0 Å². The zero-order valence-electron chi connectivity index (χ0n) is 11.0. The number of aromatic nitrogens is 1. The Kier molecular flexibility index (Phi) is 4.21. The predicted octanol–water partition coefficient (Wildman–Crippen LogP) is 2.40. The van der Waals surface area contributed by atoms with E-state index in [-0.39, 0.29) is 6.10 Å². The molecule has 0 saturated carbocycles. The van der Waals surface area contributed by atoms with Crippen molar-refractivity contribution in [2.24, 2.45) is 0 Å². The van der Waals surface area contributed by atoms with Crippen LogP contribution in [0.25, 0.3) is 0 Å². The summed E-state index contributed by atoms with van der Waals surface area (Å²) in [5.41, 5.74) is 0.932. The van der Waals surface area contributed by atoms with Gasteiger partial charge in [-0.3, -0.25) is 9.88 Å². The Labute approximate surface area is 119 Å². The lowest BCUT2D eigenvalue weighted by Crippen LogP contribution is -2.53. The number of halogens is 1. The number of pyridine rings is 1. The Bertz CT molecular complexity index is 429. The van der Waals surface area contributed by atoms with Gasteiger partial charge >= 0.3 is 0 Å². The summed E-state index contributed by atoms with van der Waals surface area (Å²) in [5, 5.41) is 4.02. The summed E-state index contributed by atoms with van der Waals surface area (Å²) in [7, 11) is 0. The van der Waals surface area contributed by atoms with E-state index >= 15 is 0 Å². The summed E-state index contributed by atoms with van der Waals surface area (Å²) in [5.74, 6) is 0. The molecule has 0 amide bonds. The van der Waals surface area contributed by atoms with Gasteiger partial charge in [-0.1, -0.05) is 18.0 Å². The molecule has 2 saturated heterocycles. The van der Waals surface area contributed by atoms with Crippen LogP contribution < -0.4 is 5.32 Å². The van der Waals surface area contributed by atoms with Crippen molar-refractivity contribution in [2.45, 2.75) is 31.4 Å². The maximum Gasteiger partial charge on any atom is 0.0874 e. The average molecular weight is 282 g/mol. The molecular formula is C14H20ClN3O. The monoisotopic (exact) mass is 281 g/mol. The molecule has 0 radical (unpaired) electrons. The highest BCUT2D eigenvalue weighted by molar-refractivity contribution is 6.33. The molecule has 2 atom stereocenters. The molecule has 1 aromatic heterocycles. The van der Waals surface area contributed by atoms with Gasteiger partial charge in [0.25, 0.3) is 0 Å². The van der Waals surface area contributed by atoms with E-state index in [0.717, 1.165) is 25.4 Å². The largest absolute Gasteiger partial charge is 0.381 e. The third-order valence-corrected chi connectivity index (χ3v) is 4.31. The van der Waals surface area contributed by atoms with Crippen molar-refractivity contribution in [1.29, 1.82) is 0 Å². The fraction of sp³-hybridized carbons (Fsp3) is 0.643. The Morgan fingerprint density at radius 2 is 2.42 bits per heavy atom. The zero-order chi connectivity index (χ0) is 13.1. The minimum atomic E-state index is 0.249. The Morgan fingerprint density at radius 3 is 3.32 bits per heavy atom. The van der Waals surface area contributed by atoms with Gasteiger partial charge in [-0.25, -0.2) is 0 Å². The van der Waals surface area contributed by atoms with Crippen LogP contribution in [0.5, 0.6) is 0 Å². The lowest BCUT2D eigenvalue weighted by molar-refractivity contribution is -0.0688. The van der Waals surface area contributed by atoms with Gasteiger partial charge in [-0.15, -0.1) is 0 Å².